The molecule has 0 aliphatic rings. The minimum atomic E-state index is -1.11. The van der Waals surface area contributed by atoms with Gasteiger partial charge in [-0.1, -0.05) is 34.1 Å². The summed E-state index contributed by atoms with van der Waals surface area (Å²) in [6, 6.07) is 13.6. The number of hydrogen-bond acceptors (Lipinski definition) is 3. The van der Waals surface area contributed by atoms with Gasteiger partial charge in [-0.05, 0) is 30.3 Å². The van der Waals surface area contributed by atoms with Crippen LogP contribution >= 0.6 is 15.9 Å². The van der Waals surface area contributed by atoms with Crippen molar-refractivity contribution in [3.05, 3.63) is 70.3 Å². The maximum absolute atomic E-state index is 12.5. The average molecular weight is 371 g/mol. The maximum atomic E-state index is 12.5. The Hall–Kier alpha value is -2.73. The summed E-state index contributed by atoms with van der Waals surface area (Å²) in [7, 11) is 0. The first-order valence-corrected chi connectivity index (χ1v) is 7.53. The van der Waals surface area contributed by atoms with Crippen molar-refractivity contribution in [2.45, 2.75) is 0 Å². The maximum Gasteiger partial charge on any atom is 0.337 e. The van der Waals surface area contributed by atoms with Gasteiger partial charge in [0.15, 0.2) is 0 Å². The van der Waals surface area contributed by atoms with Gasteiger partial charge in [0.05, 0.1) is 22.3 Å². The first kappa shape index (κ1) is 15.2. The highest BCUT2D eigenvalue weighted by Crippen LogP contribution is 2.23. The summed E-state index contributed by atoms with van der Waals surface area (Å²) in [6.45, 7) is 0. The van der Waals surface area contributed by atoms with Gasteiger partial charge >= 0.3 is 5.97 Å². The molecule has 3 aromatic rings. The van der Waals surface area contributed by atoms with Gasteiger partial charge in [-0.2, -0.15) is 0 Å². The molecule has 0 fully saturated rings. The van der Waals surface area contributed by atoms with Gasteiger partial charge in [-0.3, -0.25) is 9.78 Å². The Labute approximate surface area is 140 Å². The van der Waals surface area contributed by atoms with Crippen molar-refractivity contribution >= 4 is 44.4 Å². The summed E-state index contributed by atoms with van der Waals surface area (Å²) in [6.07, 6.45) is 1.55. The smallest absolute Gasteiger partial charge is 0.337 e. The second-order valence-corrected chi connectivity index (χ2v) is 5.74. The summed E-state index contributed by atoms with van der Waals surface area (Å²) < 4.78 is 0.627. The molecule has 0 atom stereocenters. The van der Waals surface area contributed by atoms with Crippen LogP contribution < -0.4 is 5.32 Å². The van der Waals surface area contributed by atoms with Crippen LogP contribution in [0.5, 0.6) is 0 Å². The van der Waals surface area contributed by atoms with Gasteiger partial charge in [-0.25, -0.2) is 4.79 Å². The zero-order valence-electron chi connectivity index (χ0n) is 11.8. The molecule has 1 heterocycles. The van der Waals surface area contributed by atoms with E-state index in [1.807, 2.05) is 18.2 Å². The average Bonchev–Trinajstić information content (AvgIpc) is 2.55. The van der Waals surface area contributed by atoms with E-state index in [9.17, 15) is 14.7 Å². The summed E-state index contributed by atoms with van der Waals surface area (Å²) in [4.78, 5) is 28.1. The highest BCUT2D eigenvalue weighted by molar-refractivity contribution is 9.10. The molecule has 0 saturated heterocycles. The molecule has 3 rings (SSSR count). The van der Waals surface area contributed by atoms with Crippen LogP contribution in [0.2, 0.25) is 0 Å². The summed E-state index contributed by atoms with van der Waals surface area (Å²) in [5.74, 6) is -1.49. The molecule has 0 saturated carbocycles. The fourth-order valence-corrected chi connectivity index (χ4v) is 2.65. The van der Waals surface area contributed by atoms with E-state index in [0.29, 0.717) is 20.9 Å². The molecule has 2 N–H and O–H groups in total. The van der Waals surface area contributed by atoms with Crippen LogP contribution in [0.4, 0.5) is 5.69 Å². The Bertz CT molecular complexity index is 919. The first-order chi connectivity index (χ1) is 11.1. The van der Waals surface area contributed by atoms with E-state index in [-0.39, 0.29) is 17.2 Å². The monoisotopic (exact) mass is 370 g/mol. The van der Waals surface area contributed by atoms with Crippen LogP contribution in [-0.2, 0) is 0 Å². The van der Waals surface area contributed by atoms with Gasteiger partial charge in [-0.15, -0.1) is 0 Å². The van der Waals surface area contributed by atoms with Crippen LogP contribution in [-0.4, -0.2) is 22.0 Å². The molecule has 0 radical (unpaired) electrons. The number of hydrogen-bond donors (Lipinski definition) is 2. The third kappa shape index (κ3) is 3.07. The lowest BCUT2D eigenvalue weighted by molar-refractivity contribution is 0.0698. The predicted octanol–water partition coefficient (Wildman–Crippen LogP) is 3.95. The fraction of sp³-hybridized carbons (Fsp3) is 0. The van der Waals surface area contributed by atoms with Crippen molar-refractivity contribution in [3.63, 3.8) is 0 Å². The molecule has 0 spiro atoms. The van der Waals surface area contributed by atoms with E-state index in [2.05, 4.69) is 26.2 Å². The highest BCUT2D eigenvalue weighted by atomic mass is 79.9. The number of benzene rings is 2. The van der Waals surface area contributed by atoms with Gasteiger partial charge in [0, 0.05) is 16.1 Å². The van der Waals surface area contributed by atoms with Crippen molar-refractivity contribution in [3.8, 4) is 0 Å². The number of carboxylic acid groups (broad SMARTS) is 1. The number of fused-ring (bicyclic) bond motifs is 1. The molecular formula is C17H11BrN2O3. The normalized spacial score (nSPS) is 10.5. The number of carbonyl (C=O) groups is 2. The fourth-order valence-electron chi connectivity index (χ4n) is 2.29. The third-order valence-corrected chi connectivity index (χ3v) is 3.85. The minimum Gasteiger partial charge on any atom is -0.478 e. The minimum absolute atomic E-state index is 0.0195. The van der Waals surface area contributed by atoms with Crippen LogP contribution in [0.15, 0.2) is 59.2 Å². The Morgan fingerprint density at radius 3 is 2.61 bits per heavy atom. The lowest BCUT2D eigenvalue weighted by Crippen LogP contribution is -2.15. The van der Waals surface area contributed by atoms with E-state index in [4.69, 9.17) is 0 Å². The Kier molecular flexibility index (Phi) is 4.08. The third-order valence-electron chi connectivity index (χ3n) is 3.35. The molecular weight excluding hydrogens is 360 g/mol. The van der Waals surface area contributed by atoms with Crippen LogP contribution in [0.3, 0.4) is 0 Å². The molecule has 5 nitrogen and oxygen atoms in total. The summed E-state index contributed by atoms with van der Waals surface area (Å²) >= 11 is 3.22. The number of nitrogens with zero attached hydrogens (tertiary/aromatic N) is 1. The number of aromatic carboxylic acids is 1. The zero-order chi connectivity index (χ0) is 16.4. The lowest BCUT2D eigenvalue weighted by atomic mass is 10.1. The molecule has 0 aliphatic carbocycles. The highest BCUT2D eigenvalue weighted by Gasteiger charge is 2.15. The number of amides is 1. The van der Waals surface area contributed by atoms with Gasteiger partial charge in [0.25, 0.3) is 5.91 Å². The molecule has 23 heavy (non-hydrogen) atoms. The molecule has 2 aromatic carbocycles. The SMILES string of the molecule is O=C(O)c1cc(Br)ccc1NC(=O)c1ccnc2ccccc12. The quantitative estimate of drug-likeness (QED) is 0.731. The topological polar surface area (TPSA) is 79.3 Å². The number of rotatable bonds is 3. The number of anilines is 1. The van der Waals surface area contributed by atoms with E-state index >= 15 is 0 Å². The van der Waals surface area contributed by atoms with Crippen LogP contribution in [0.1, 0.15) is 20.7 Å². The van der Waals surface area contributed by atoms with Crippen LogP contribution in [0.25, 0.3) is 10.9 Å². The molecule has 6 heteroatoms. The number of aromatic nitrogens is 1. The number of para-hydroxylation sites is 1. The molecule has 0 aliphatic heterocycles. The second-order valence-electron chi connectivity index (χ2n) is 4.82. The summed E-state index contributed by atoms with van der Waals surface area (Å²) in [5.41, 5.74) is 1.40. The second kappa shape index (κ2) is 6.18. The molecule has 114 valence electrons. The van der Waals surface area contributed by atoms with E-state index in [1.54, 1.807) is 30.5 Å². The Balaban J connectivity index is 2.00. The first-order valence-electron chi connectivity index (χ1n) is 6.74. The van der Waals surface area contributed by atoms with Crippen LogP contribution in [0, 0.1) is 0 Å². The molecule has 0 bridgehead atoms. The van der Waals surface area contributed by atoms with Crippen molar-refractivity contribution in [2.24, 2.45) is 0 Å². The molecule has 1 amide bonds. The summed E-state index contributed by atoms with van der Waals surface area (Å²) in [5, 5.41) is 12.6. The van der Waals surface area contributed by atoms with Gasteiger partial charge in [0.1, 0.15) is 0 Å². The van der Waals surface area contributed by atoms with Gasteiger partial charge < -0.3 is 10.4 Å². The largest absolute Gasteiger partial charge is 0.478 e. The number of halogens is 1. The number of carboxylic acids is 1. The standard InChI is InChI=1S/C17H11BrN2O3/c18-10-5-6-15(13(9-10)17(22)23)20-16(21)12-7-8-19-14-4-2-1-3-11(12)14/h1-9H,(H,20,21)(H,22,23). The van der Waals surface area contributed by atoms with E-state index in [1.165, 1.54) is 6.07 Å². The van der Waals surface area contributed by atoms with Crippen molar-refractivity contribution in [1.29, 1.82) is 0 Å². The van der Waals surface area contributed by atoms with Gasteiger partial charge in [0.2, 0.25) is 0 Å². The van der Waals surface area contributed by atoms with Crippen molar-refractivity contribution in [2.75, 3.05) is 5.32 Å². The Morgan fingerprint density at radius 1 is 1.04 bits per heavy atom. The van der Waals surface area contributed by atoms with E-state index < -0.39 is 5.97 Å². The number of carbonyl (C=O) groups excluding carboxylic acids is 1. The number of pyridine rings is 1. The molecule has 1 aromatic heterocycles. The Morgan fingerprint density at radius 2 is 1.83 bits per heavy atom. The van der Waals surface area contributed by atoms with Crippen molar-refractivity contribution < 1.29 is 14.7 Å². The predicted molar refractivity (Wildman–Crippen MR) is 90.8 cm³/mol. The zero-order valence-corrected chi connectivity index (χ0v) is 13.4. The van der Waals surface area contributed by atoms with Crippen molar-refractivity contribution in [1.82, 2.24) is 4.98 Å². The lowest BCUT2D eigenvalue weighted by Gasteiger charge is -2.10. The number of nitrogens with one attached hydrogen (secondary N) is 1. The molecule has 0 unspecified atom stereocenters. The van der Waals surface area contributed by atoms with E-state index in [0.717, 1.165) is 0 Å².